The van der Waals surface area contributed by atoms with E-state index in [2.05, 4.69) is 9.97 Å². The molecular weight excluding hydrogens is 238 g/mol. The van der Waals surface area contributed by atoms with Crippen LogP contribution in [0.4, 0.5) is 5.82 Å². The Morgan fingerprint density at radius 3 is 2.53 bits per heavy atom. The SMILES string of the molecule is Nc1ccc2oc(-c3ccc(Cl)cc3)nc2n1. The molecule has 0 unspecified atom stereocenters. The summed E-state index contributed by atoms with van der Waals surface area (Å²) in [5, 5.41) is 0.673. The fourth-order valence-corrected chi connectivity index (χ4v) is 1.68. The zero-order valence-corrected chi connectivity index (χ0v) is 9.48. The van der Waals surface area contributed by atoms with Crippen LogP contribution >= 0.6 is 11.6 Å². The molecule has 0 aliphatic carbocycles. The van der Waals surface area contributed by atoms with Crippen LogP contribution in [0.1, 0.15) is 0 Å². The van der Waals surface area contributed by atoms with Gasteiger partial charge in [-0.05, 0) is 36.4 Å². The van der Waals surface area contributed by atoms with Gasteiger partial charge in [-0.2, -0.15) is 4.98 Å². The molecule has 0 spiro atoms. The minimum Gasteiger partial charge on any atom is -0.434 e. The molecular formula is C12H8ClN3O. The molecule has 2 aromatic heterocycles. The van der Waals surface area contributed by atoms with Crippen LogP contribution in [0.15, 0.2) is 40.8 Å². The summed E-state index contributed by atoms with van der Waals surface area (Å²) in [6.45, 7) is 0. The molecule has 0 aliphatic heterocycles. The lowest BCUT2D eigenvalue weighted by atomic mass is 10.2. The highest BCUT2D eigenvalue weighted by Crippen LogP contribution is 2.24. The number of nitrogen functional groups attached to an aromatic ring is 1. The van der Waals surface area contributed by atoms with Crippen molar-refractivity contribution in [2.45, 2.75) is 0 Å². The third-order valence-corrected chi connectivity index (χ3v) is 2.62. The average molecular weight is 246 g/mol. The molecule has 5 heteroatoms. The predicted molar refractivity (Wildman–Crippen MR) is 66.7 cm³/mol. The van der Waals surface area contributed by atoms with E-state index in [4.69, 9.17) is 21.8 Å². The molecule has 84 valence electrons. The van der Waals surface area contributed by atoms with Crippen LogP contribution in [0, 0.1) is 0 Å². The Hall–Kier alpha value is -2.07. The molecule has 2 heterocycles. The van der Waals surface area contributed by atoms with Crippen molar-refractivity contribution in [3.8, 4) is 11.5 Å². The summed E-state index contributed by atoms with van der Waals surface area (Å²) in [6.07, 6.45) is 0. The number of nitrogens with two attached hydrogens (primary N) is 1. The summed E-state index contributed by atoms with van der Waals surface area (Å²) in [7, 11) is 0. The minimum absolute atomic E-state index is 0.424. The second-order valence-corrected chi connectivity index (χ2v) is 4.02. The van der Waals surface area contributed by atoms with Crippen LogP contribution in [-0.2, 0) is 0 Å². The first-order valence-electron chi connectivity index (χ1n) is 5.01. The number of fused-ring (bicyclic) bond motifs is 1. The summed E-state index contributed by atoms with van der Waals surface area (Å²) in [5.41, 5.74) is 7.56. The van der Waals surface area contributed by atoms with Gasteiger partial charge in [-0.25, -0.2) is 4.98 Å². The summed E-state index contributed by atoms with van der Waals surface area (Å²) in [6, 6.07) is 10.7. The first-order chi connectivity index (χ1) is 8.22. The van der Waals surface area contributed by atoms with Crippen LogP contribution < -0.4 is 5.73 Å². The van der Waals surface area contributed by atoms with E-state index in [9.17, 15) is 0 Å². The monoisotopic (exact) mass is 245 g/mol. The second kappa shape index (κ2) is 3.75. The van der Waals surface area contributed by atoms with E-state index >= 15 is 0 Å². The van der Waals surface area contributed by atoms with E-state index in [0.717, 1.165) is 5.56 Å². The van der Waals surface area contributed by atoms with Crippen molar-refractivity contribution in [2.75, 3.05) is 5.73 Å². The minimum atomic E-state index is 0.424. The molecule has 3 rings (SSSR count). The number of pyridine rings is 1. The summed E-state index contributed by atoms with van der Waals surface area (Å²) < 4.78 is 5.58. The molecule has 4 nitrogen and oxygen atoms in total. The van der Waals surface area contributed by atoms with E-state index in [-0.39, 0.29) is 0 Å². The molecule has 0 saturated carbocycles. The highest BCUT2D eigenvalue weighted by atomic mass is 35.5. The average Bonchev–Trinajstić information content (AvgIpc) is 2.72. The molecule has 0 bridgehead atoms. The zero-order chi connectivity index (χ0) is 11.8. The molecule has 0 fully saturated rings. The second-order valence-electron chi connectivity index (χ2n) is 3.58. The number of halogens is 1. The van der Waals surface area contributed by atoms with E-state index in [1.165, 1.54) is 0 Å². The van der Waals surface area contributed by atoms with Gasteiger partial charge in [0.2, 0.25) is 11.5 Å². The fraction of sp³-hybridized carbons (Fsp3) is 0. The van der Waals surface area contributed by atoms with Gasteiger partial charge < -0.3 is 10.2 Å². The standard InChI is InChI=1S/C12H8ClN3O/c13-8-3-1-7(2-4-8)12-16-11-9(17-12)5-6-10(14)15-11/h1-6H,(H2,14,15). The summed E-state index contributed by atoms with van der Waals surface area (Å²) >= 11 is 5.82. The number of anilines is 1. The quantitative estimate of drug-likeness (QED) is 0.715. The smallest absolute Gasteiger partial charge is 0.228 e. The fourth-order valence-electron chi connectivity index (χ4n) is 1.55. The Morgan fingerprint density at radius 1 is 1.00 bits per heavy atom. The van der Waals surface area contributed by atoms with Gasteiger partial charge in [-0.3, -0.25) is 0 Å². The van der Waals surface area contributed by atoms with Crippen LogP contribution in [0.3, 0.4) is 0 Å². The Bertz CT molecular complexity index is 676. The number of aromatic nitrogens is 2. The number of hydrogen-bond acceptors (Lipinski definition) is 4. The van der Waals surface area contributed by atoms with Crippen molar-refractivity contribution in [1.82, 2.24) is 9.97 Å². The molecule has 0 saturated heterocycles. The maximum Gasteiger partial charge on any atom is 0.228 e. The van der Waals surface area contributed by atoms with Crippen molar-refractivity contribution in [2.24, 2.45) is 0 Å². The number of oxazole rings is 1. The van der Waals surface area contributed by atoms with Gasteiger partial charge >= 0.3 is 0 Å². The van der Waals surface area contributed by atoms with Crippen molar-refractivity contribution >= 4 is 28.6 Å². The lowest BCUT2D eigenvalue weighted by molar-refractivity contribution is 0.619. The van der Waals surface area contributed by atoms with Gasteiger partial charge in [-0.1, -0.05) is 11.6 Å². The highest BCUT2D eigenvalue weighted by Gasteiger charge is 2.08. The van der Waals surface area contributed by atoms with Gasteiger partial charge in [0.05, 0.1) is 0 Å². The molecule has 0 amide bonds. The van der Waals surface area contributed by atoms with Gasteiger partial charge in [-0.15, -0.1) is 0 Å². The summed E-state index contributed by atoms with van der Waals surface area (Å²) in [5.74, 6) is 0.934. The topological polar surface area (TPSA) is 64.9 Å². The molecule has 1 aromatic carbocycles. The van der Waals surface area contributed by atoms with Gasteiger partial charge in [0.15, 0.2) is 5.58 Å². The van der Waals surface area contributed by atoms with E-state index < -0.39 is 0 Å². The Morgan fingerprint density at radius 2 is 1.76 bits per heavy atom. The first-order valence-corrected chi connectivity index (χ1v) is 5.39. The number of benzene rings is 1. The molecule has 0 radical (unpaired) electrons. The van der Waals surface area contributed by atoms with Crippen LogP contribution in [0.2, 0.25) is 5.02 Å². The normalized spacial score (nSPS) is 10.9. The summed E-state index contributed by atoms with van der Waals surface area (Å²) in [4.78, 5) is 8.36. The largest absolute Gasteiger partial charge is 0.434 e. The van der Waals surface area contributed by atoms with Crippen molar-refractivity contribution < 1.29 is 4.42 Å². The Balaban J connectivity index is 2.14. The van der Waals surface area contributed by atoms with Crippen molar-refractivity contribution in [3.05, 3.63) is 41.4 Å². The maximum atomic E-state index is 5.82. The zero-order valence-electron chi connectivity index (χ0n) is 8.72. The molecule has 0 aliphatic rings. The lowest BCUT2D eigenvalue weighted by Gasteiger charge is -1.93. The van der Waals surface area contributed by atoms with Gasteiger partial charge in [0.1, 0.15) is 5.82 Å². The highest BCUT2D eigenvalue weighted by molar-refractivity contribution is 6.30. The van der Waals surface area contributed by atoms with Crippen LogP contribution in [0.5, 0.6) is 0 Å². The third-order valence-electron chi connectivity index (χ3n) is 2.37. The van der Waals surface area contributed by atoms with Gasteiger partial charge in [0, 0.05) is 10.6 Å². The molecule has 3 aromatic rings. The number of hydrogen-bond donors (Lipinski definition) is 1. The first kappa shape index (κ1) is 10.1. The van der Waals surface area contributed by atoms with Crippen LogP contribution in [-0.4, -0.2) is 9.97 Å². The maximum absolute atomic E-state index is 5.82. The van der Waals surface area contributed by atoms with Crippen LogP contribution in [0.25, 0.3) is 22.7 Å². The van der Waals surface area contributed by atoms with Crippen molar-refractivity contribution in [3.63, 3.8) is 0 Å². The third kappa shape index (κ3) is 1.83. The predicted octanol–water partition coefficient (Wildman–Crippen LogP) is 3.13. The molecule has 2 N–H and O–H groups in total. The van der Waals surface area contributed by atoms with E-state index in [1.54, 1.807) is 24.3 Å². The Kier molecular flexibility index (Phi) is 2.23. The lowest BCUT2D eigenvalue weighted by Crippen LogP contribution is -1.88. The van der Waals surface area contributed by atoms with Crippen molar-refractivity contribution in [1.29, 1.82) is 0 Å². The van der Waals surface area contributed by atoms with E-state index in [0.29, 0.717) is 28.0 Å². The van der Waals surface area contributed by atoms with Gasteiger partial charge in [0.25, 0.3) is 0 Å². The Labute approximate surface area is 102 Å². The van der Waals surface area contributed by atoms with E-state index in [1.807, 2.05) is 12.1 Å². The number of nitrogens with zero attached hydrogens (tertiary/aromatic N) is 2. The number of rotatable bonds is 1. The molecule has 17 heavy (non-hydrogen) atoms. The molecule has 0 atom stereocenters.